The Labute approximate surface area is 211 Å². The zero-order valence-electron chi connectivity index (χ0n) is 20.2. The SMILES string of the molecule is COc1cnc2ccc(=O)n(CCN[C@@H]3CC[C@@H]4[C@@H](C3)OC(=O)N4c3ccc4c(n3)NC(=O)CO4)c2c1. The normalized spacial score (nSPS) is 22.6. The van der Waals surface area contributed by atoms with Crippen molar-refractivity contribution >= 4 is 34.7 Å². The Morgan fingerprint density at radius 3 is 2.95 bits per heavy atom. The van der Waals surface area contributed by atoms with Crippen LogP contribution in [-0.2, 0) is 16.1 Å². The monoisotopic (exact) mass is 506 g/mol. The van der Waals surface area contributed by atoms with Crippen LogP contribution in [0, 0.1) is 0 Å². The van der Waals surface area contributed by atoms with Crippen LogP contribution in [0.15, 0.2) is 41.3 Å². The topological polar surface area (TPSA) is 137 Å². The second kappa shape index (κ2) is 9.36. The van der Waals surface area contributed by atoms with Gasteiger partial charge >= 0.3 is 6.09 Å². The Bertz CT molecular complexity index is 1440. The fourth-order valence-electron chi connectivity index (χ4n) is 5.26. The molecule has 0 radical (unpaired) electrons. The van der Waals surface area contributed by atoms with Crippen molar-refractivity contribution in [3.05, 3.63) is 46.9 Å². The average molecular weight is 507 g/mol. The van der Waals surface area contributed by atoms with Crippen LogP contribution in [0.4, 0.5) is 16.4 Å². The molecule has 2 fully saturated rings. The number of pyridine rings is 3. The van der Waals surface area contributed by atoms with E-state index >= 15 is 0 Å². The van der Waals surface area contributed by atoms with E-state index in [1.807, 2.05) is 6.07 Å². The van der Waals surface area contributed by atoms with E-state index in [0.717, 1.165) is 23.9 Å². The maximum atomic E-state index is 12.8. The van der Waals surface area contributed by atoms with E-state index in [2.05, 4.69) is 20.6 Å². The third-order valence-corrected chi connectivity index (χ3v) is 7.06. The van der Waals surface area contributed by atoms with Crippen LogP contribution in [0.5, 0.6) is 11.5 Å². The Hall–Kier alpha value is -4.19. The summed E-state index contributed by atoms with van der Waals surface area (Å²) in [6.07, 6.45) is 3.11. The van der Waals surface area contributed by atoms with Gasteiger partial charge < -0.3 is 29.4 Å². The number of nitrogens with zero attached hydrogens (tertiary/aromatic N) is 4. The molecule has 12 heteroatoms. The van der Waals surface area contributed by atoms with Crippen molar-refractivity contribution in [2.24, 2.45) is 0 Å². The minimum absolute atomic E-state index is 0.0565. The molecule has 6 rings (SSSR count). The van der Waals surface area contributed by atoms with Gasteiger partial charge in [-0.25, -0.2) is 9.78 Å². The molecule has 0 bridgehead atoms. The molecule has 0 spiro atoms. The van der Waals surface area contributed by atoms with Gasteiger partial charge in [-0.1, -0.05) is 0 Å². The molecule has 1 saturated heterocycles. The van der Waals surface area contributed by atoms with Crippen LogP contribution in [0.1, 0.15) is 19.3 Å². The number of methoxy groups -OCH3 is 1. The molecule has 2 aliphatic heterocycles. The molecular formula is C25H26N6O6. The average Bonchev–Trinajstić information content (AvgIpc) is 3.24. The number of ether oxygens (including phenoxy) is 3. The fraction of sp³-hybridized carbons (Fsp3) is 0.400. The van der Waals surface area contributed by atoms with E-state index in [0.29, 0.717) is 42.6 Å². The first-order valence-electron chi connectivity index (χ1n) is 12.2. The van der Waals surface area contributed by atoms with Gasteiger partial charge in [0.05, 0.1) is 30.4 Å². The van der Waals surface area contributed by atoms with Gasteiger partial charge in [0, 0.05) is 37.7 Å². The van der Waals surface area contributed by atoms with Gasteiger partial charge in [0.15, 0.2) is 18.2 Å². The van der Waals surface area contributed by atoms with Gasteiger partial charge in [-0.3, -0.25) is 19.5 Å². The van der Waals surface area contributed by atoms with Crippen LogP contribution >= 0.6 is 0 Å². The summed E-state index contributed by atoms with van der Waals surface area (Å²) in [5, 5.41) is 6.19. The van der Waals surface area contributed by atoms with Gasteiger partial charge in [0.2, 0.25) is 0 Å². The molecule has 37 heavy (non-hydrogen) atoms. The maximum absolute atomic E-state index is 12.8. The number of hydrogen-bond acceptors (Lipinski definition) is 9. The van der Waals surface area contributed by atoms with Gasteiger partial charge in [-0.15, -0.1) is 0 Å². The van der Waals surface area contributed by atoms with Crippen molar-refractivity contribution in [3.8, 4) is 11.5 Å². The molecule has 1 aliphatic carbocycles. The number of anilines is 2. The summed E-state index contributed by atoms with van der Waals surface area (Å²) >= 11 is 0. The van der Waals surface area contributed by atoms with E-state index in [4.69, 9.17) is 14.2 Å². The highest BCUT2D eigenvalue weighted by molar-refractivity contribution is 5.95. The molecule has 3 aromatic rings. The third-order valence-electron chi connectivity index (χ3n) is 7.06. The number of fused-ring (bicyclic) bond motifs is 3. The molecular weight excluding hydrogens is 480 g/mol. The van der Waals surface area contributed by atoms with Crippen LogP contribution in [0.2, 0.25) is 0 Å². The summed E-state index contributed by atoms with van der Waals surface area (Å²) in [5.74, 6) is 1.51. The minimum Gasteiger partial charge on any atom is -0.495 e. The lowest BCUT2D eigenvalue weighted by atomic mass is 9.88. The number of amides is 2. The standard InChI is InChI=1S/C25H26N6O6/c1-35-15-11-18-16(27-12-15)3-7-23(33)30(18)9-8-26-14-2-4-17-20(10-14)37-25(34)31(17)21-6-5-19-24(28-21)29-22(32)13-36-19/h3,5-7,11-12,14,17,20,26H,2,4,8-10,13H2,1H3,(H,28,29,32)/t14-,17-,20-/m1/s1. The van der Waals surface area contributed by atoms with Gasteiger partial charge in [0.1, 0.15) is 17.7 Å². The van der Waals surface area contributed by atoms with Crippen LogP contribution in [0.25, 0.3) is 11.0 Å². The molecule has 3 atom stereocenters. The van der Waals surface area contributed by atoms with Crippen molar-refractivity contribution in [2.75, 3.05) is 30.5 Å². The first kappa shape index (κ1) is 23.2. The second-order valence-electron chi connectivity index (χ2n) is 9.28. The molecule has 0 unspecified atom stereocenters. The van der Waals surface area contributed by atoms with Crippen LogP contribution < -0.4 is 30.6 Å². The molecule has 1 saturated carbocycles. The lowest BCUT2D eigenvalue weighted by molar-refractivity contribution is -0.118. The first-order chi connectivity index (χ1) is 18.0. The van der Waals surface area contributed by atoms with Crippen molar-refractivity contribution in [1.29, 1.82) is 0 Å². The van der Waals surface area contributed by atoms with Crippen molar-refractivity contribution in [1.82, 2.24) is 19.9 Å². The molecule has 2 amide bonds. The number of carbonyl (C=O) groups is 2. The summed E-state index contributed by atoms with van der Waals surface area (Å²) in [5.41, 5.74) is 1.34. The molecule has 2 N–H and O–H groups in total. The fourth-order valence-corrected chi connectivity index (χ4v) is 5.26. The summed E-state index contributed by atoms with van der Waals surface area (Å²) in [7, 11) is 1.57. The highest BCUT2D eigenvalue weighted by atomic mass is 16.6. The molecule has 192 valence electrons. The summed E-state index contributed by atoms with van der Waals surface area (Å²) in [6.45, 7) is 0.982. The Balaban J connectivity index is 1.11. The van der Waals surface area contributed by atoms with E-state index in [1.165, 1.54) is 6.07 Å². The third kappa shape index (κ3) is 4.33. The van der Waals surface area contributed by atoms with Crippen LogP contribution in [-0.4, -0.2) is 65.0 Å². The van der Waals surface area contributed by atoms with E-state index in [-0.39, 0.29) is 36.3 Å². The van der Waals surface area contributed by atoms with Crippen molar-refractivity contribution < 1.29 is 23.8 Å². The van der Waals surface area contributed by atoms with E-state index in [9.17, 15) is 14.4 Å². The quantitative estimate of drug-likeness (QED) is 0.511. The minimum atomic E-state index is -0.449. The van der Waals surface area contributed by atoms with Gasteiger partial charge in [-0.2, -0.15) is 0 Å². The Kier molecular flexibility index (Phi) is 5.87. The molecule has 5 heterocycles. The predicted molar refractivity (Wildman–Crippen MR) is 133 cm³/mol. The number of carbonyl (C=O) groups excluding carboxylic acids is 2. The summed E-state index contributed by atoms with van der Waals surface area (Å²) in [6, 6.07) is 8.44. The molecule has 3 aromatic heterocycles. The Morgan fingerprint density at radius 1 is 1.19 bits per heavy atom. The van der Waals surface area contributed by atoms with Crippen molar-refractivity contribution in [3.63, 3.8) is 0 Å². The first-order valence-corrected chi connectivity index (χ1v) is 12.2. The van der Waals surface area contributed by atoms with E-state index in [1.54, 1.807) is 41.0 Å². The molecule has 12 nitrogen and oxygen atoms in total. The summed E-state index contributed by atoms with van der Waals surface area (Å²) in [4.78, 5) is 47.3. The predicted octanol–water partition coefficient (Wildman–Crippen LogP) is 1.67. The lowest BCUT2D eigenvalue weighted by Crippen LogP contribution is -2.46. The number of hydrogen-bond donors (Lipinski definition) is 2. The second-order valence-corrected chi connectivity index (χ2v) is 9.28. The Morgan fingerprint density at radius 2 is 2.08 bits per heavy atom. The largest absolute Gasteiger partial charge is 0.495 e. The smallest absolute Gasteiger partial charge is 0.416 e. The highest BCUT2D eigenvalue weighted by Crippen LogP contribution is 2.37. The van der Waals surface area contributed by atoms with Crippen LogP contribution in [0.3, 0.4) is 0 Å². The zero-order valence-corrected chi connectivity index (χ0v) is 20.2. The molecule has 3 aliphatic rings. The highest BCUT2D eigenvalue weighted by Gasteiger charge is 2.46. The number of rotatable bonds is 6. The van der Waals surface area contributed by atoms with E-state index < -0.39 is 6.09 Å². The van der Waals surface area contributed by atoms with Gasteiger partial charge in [-0.05, 0) is 31.0 Å². The van der Waals surface area contributed by atoms with Crippen molar-refractivity contribution in [2.45, 2.75) is 44.0 Å². The van der Waals surface area contributed by atoms with Gasteiger partial charge in [0.25, 0.3) is 11.5 Å². The zero-order chi connectivity index (χ0) is 25.5. The maximum Gasteiger partial charge on any atom is 0.416 e. The number of nitrogens with one attached hydrogen (secondary N) is 2. The molecule has 0 aromatic carbocycles. The lowest BCUT2D eigenvalue weighted by Gasteiger charge is -2.33. The number of aromatic nitrogens is 3. The summed E-state index contributed by atoms with van der Waals surface area (Å²) < 4.78 is 18.0.